The molecule has 0 aliphatic heterocycles. The molecule has 0 aromatic heterocycles. The van der Waals surface area contributed by atoms with E-state index in [1.54, 1.807) is 12.1 Å². The van der Waals surface area contributed by atoms with E-state index in [1.165, 1.54) is 0 Å². The van der Waals surface area contributed by atoms with Crippen LogP contribution in [0.3, 0.4) is 0 Å². The monoisotopic (exact) mass is 385 g/mol. The SMILES string of the molecule is CCOc1cc(C(=O)Nc2ccccc2C(C)(C)C)cc(OCC)c1OCC. The van der Waals surface area contributed by atoms with E-state index in [2.05, 4.69) is 26.1 Å². The summed E-state index contributed by atoms with van der Waals surface area (Å²) in [6, 6.07) is 11.2. The number of amides is 1. The summed E-state index contributed by atoms with van der Waals surface area (Å²) < 4.78 is 17.1. The first-order valence-electron chi connectivity index (χ1n) is 9.79. The van der Waals surface area contributed by atoms with Gasteiger partial charge >= 0.3 is 0 Å². The van der Waals surface area contributed by atoms with Crippen LogP contribution in [0.25, 0.3) is 0 Å². The molecule has 0 fully saturated rings. The Morgan fingerprint density at radius 3 is 1.93 bits per heavy atom. The molecule has 1 N–H and O–H groups in total. The lowest BCUT2D eigenvalue weighted by Gasteiger charge is -2.23. The fourth-order valence-corrected chi connectivity index (χ4v) is 2.96. The van der Waals surface area contributed by atoms with Gasteiger partial charge in [0, 0.05) is 11.3 Å². The fourth-order valence-electron chi connectivity index (χ4n) is 2.96. The highest BCUT2D eigenvalue weighted by Crippen LogP contribution is 2.39. The molecule has 0 aliphatic carbocycles. The second-order valence-electron chi connectivity index (χ2n) is 7.35. The number of ether oxygens (including phenoxy) is 3. The molecule has 2 aromatic carbocycles. The Balaban J connectivity index is 2.43. The zero-order chi connectivity index (χ0) is 20.7. The van der Waals surface area contributed by atoms with E-state index in [0.29, 0.717) is 42.6 Å². The van der Waals surface area contributed by atoms with Crippen LogP contribution in [0.2, 0.25) is 0 Å². The lowest BCUT2D eigenvalue weighted by molar-refractivity contribution is 0.102. The van der Waals surface area contributed by atoms with Crippen molar-refractivity contribution in [3.63, 3.8) is 0 Å². The zero-order valence-corrected chi connectivity index (χ0v) is 17.7. The quantitative estimate of drug-likeness (QED) is 0.658. The Hall–Kier alpha value is -2.69. The van der Waals surface area contributed by atoms with E-state index in [0.717, 1.165) is 11.3 Å². The first-order valence-corrected chi connectivity index (χ1v) is 9.79. The number of carbonyl (C=O) groups is 1. The van der Waals surface area contributed by atoms with Crippen molar-refractivity contribution in [2.45, 2.75) is 47.0 Å². The number of carbonyl (C=O) groups excluding carboxylic acids is 1. The maximum Gasteiger partial charge on any atom is 0.255 e. The number of rotatable bonds is 8. The van der Waals surface area contributed by atoms with Crippen LogP contribution in [0, 0.1) is 0 Å². The molecule has 0 unspecified atom stereocenters. The summed E-state index contributed by atoms with van der Waals surface area (Å²) in [7, 11) is 0. The molecule has 2 rings (SSSR count). The fraction of sp³-hybridized carbons (Fsp3) is 0.435. The van der Waals surface area contributed by atoms with Gasteiger partial charge in [0.15, 0.2) is 11.5 Å². The molecule has 0 heterocycles. The lowest BCUT2D eigenvalue weighted by atomic mass is 9.86. The average molecular weight is 386 g/mol. The number of anilines is 1. The third-order valence-corrected chi connectivity index (χ3v) is 4.15. The van der Waals surface area contributed by atoms with Crippen LogP contribution in [0.1, 0.15) is 57.5 Å². The van der Waals surface area contributed by atoms with E-state index < -0.39 is 0 Å². The summed E-state index contributed by atoms with van der Waals surface area (Å²) in [5.41, 5.74) is 2.24. The molecule has 28 heavy (non-hydrogen) atoms. The van der Waals surface area contributed by atoms with Crippen LogP contribution >= 0.6 is 0 Å². The van der Waals surface area contributed by atoms with Crippen molar-refractivity contribution in [1.82, 2.24) is 0 Å². The number of hydrogen-bond acceptors (Lipinski definition) is 4. The van der Waals surface area contributed by atoms with Crippen molar-refractivity contribution < 1.29 is 19.0 Å². The van der Waals surface area contributed by atoms with Gasteiger partial charge in [-0.3, -0.25) is 4.79 Å². The molecule has 1 amide bonds. The van der Waals surface area contributed by atoms with Gasteiger partial charge in [-0.15, -0.1) is 0 Å². The molecule has 0 saturated carbocycles. The topological polar surface area (TPSA) is 56.8 Å². The second-order valence-corrected chi connectivity index (χ2v) is 7.35. The van der Waals surface area contributed by atoms with Crippen LogP contribution < -0.4 is 19.5 Å². The van der Waals surface area contributed by atoms with Crippen molar-refractivity contribution in [3.8, 4) is 17.2 Å². The van der Waals surface area contributed by atoms with Crippen molar-refractivity contribution in [2.24, 2.45) is 0 Å². The number of benzene rings is 2. The Kier molecular flexibility index (Phi) is 7.32. The van der Waals surface area contributed by atoms with Crippen molar-refractivity contribution >= 4 is 11.6 Å². The Morgan fingerprint density at radius 2 is 1.43 bits per heavy atom. The largest absolute Gasteiger partial charge is 0.490 e. The minimum Gasteiger partial charge on any atom is -0.490 e. The van der Waals surface area contributed by atoms with Gasteiger partial charge in [-0.2, -0.15) is 0 Å². The minimum atomic E-state index is -0.221. The van der Waals surface area contributed by atoms with Crippen LogP contribution in [-0.2, 0) is 5.41 Å². The number of nitrogens with one attached hydrogen (secondary N) is 1. The second kappa shape index (κ2) is 9.49. The van der Waals surface area contributed by atoms with Crippen LogP contribution in [0.4, 0.5) is 5.69 Å². The highest BCUT2D eigenvalue weighted by Gasteiger charge is 2.21. The van der Waals surface area contributed by atoms with Crippen molar-refractivity contribution in [2.75, 3.05) is 25.1 Å². The molecule has 0 bridgehead atoms. The van der Waals surface area contributed by atoms with Gasteiger partial charge in [0.2, 0.25) is 5.75 Å². The smallest absolute Gasteiger partial charge is 0.255 e. The molecular formula is C23H31NO4. The van der Waals surface area contributed by atoms with Crippen LogP contribution in [-0.4, -0.2) is 25.7 Å². The van der Waals surface area contributed by atoms with Gasteiger partial charge in [-0.05, 0) is 49.9 Å². The minimum absolute atomic E-state index is 0.0876. The Bertz CT molecular complexity index is 781. The standard InChI is InChI=1S/C23H31NO4/c1-7-26-19-14-16(15-20(27-8-2)21(19)28-9-3)22(25)24-18-13-11-10-12-17(18)23(4,5)6/h10-15H,7-9H2,1-6H3,(H,24,25). The van der Waals surface area contributed by atoms with Crippen LogP contribution in [0.5, 0.6) is 17.2 Å². The first-order chi connectivity index (χ1) is 13.3. The number of hydrogen-bond donors (Lipinski definition) is 1. The lowest BCUT2D eigenvalue weighted by Crippen LogP contribution is -2.19. The van der Waals surface area contributed by atoms with E-state index in [9.17, 15) is 4.79 Å². The normalized spacial score (nSPS) is 11.1. The van der Waals surface area contributed by atoms with Gasteiger partial charge in [0.1, 0.15) is 0 Å². The maximum atomic E-state index is 13.0. The third kappa shape index (κ3) is 5.18. The highest BCUT2D eigenvalue weighted by atomic mass is 16.5. The summed E-state index contributed by atoms with van der Waals surface area (Å²) in [5, 5.41) is 3.03. The van der Waals surface area contributed by atoms with Gasteiger partial charge in [0.25, 0.3) is 5.91 Å². The summed E-state index contributed by atoms with van der Waals surface area (Å²) >= 11 is 0. The van der Waals surface area contributed by atoms with E-state index >= 15 is 0 Å². The van der Waals surface area contributed by atoms with E-state index in [1.807, 2.05) is 45.0 Å². The summed E-state index contributed by atoms with van der Waals surface area (Å²) in [4.78, 5) is 13.0. The van der Waals surface area contributed by atoms with Crippen LogP contribution in [0.15, 0.2) is 36.4 Å². The van der Waals surface area contributed by atoms with Gasteiger partial charge in [-0.25, -0.2) is 0 Å². The molecule has 0 atom stereocenters. The molecule has 0 radical (unpaired) electrons. The van der Waals surface area contributed by atoms with E-state index in [4.69, 9.17) is 14.2 Å². The molecular weight excluding hydrogens is 354 g/mol. The summed E-state index contributed by atoms with van der Waals surface area (Å²) in [6.07, 6.45) is 0. The molecule has 5 heteroatoms. The highest BCUT2D eigenvalue weighted by molar-refractivity contribution is 6.05. The first kappa shape index (κ1) is 21.6. The molecule has 0 spiro atoms. The third-order valence-electron chi connectivity index (χ3n) is 4.15. The van der Waals surface area contributed by atoms with Crippen molar-refractivity contribution in [3.05, 3.63) is 47.5 Å². The Labute approximate surface area is 168 Å². The molecule has 0 saturated heterocycles. The molecule has 5 nitrogen and oxygen atoms in total. The maximum absolute atomic E-state index is 13.0. The predicted molar refractivity (Wildman–Crippen MR) is 113 cm³/mol. The zero-order valence-electron chi connectivity index (χ0n) is 17.7. The molecule has 2 aromatic rings. The molecule has 152 valence electrons. The summed E-state index contributed by atoms with van der Waals surface area (Å²) in [6.45, 7) is 13.4. The van der Waals surface area contributed by atoms with Gasteiger partial charge < -0.3 is 19.5 Å². The van der Waals surface area contributed by atoms with E-state index in [-0.39, 0.29) is 11.3 Å². The summed E-state index contributed by atoms with van der Waals surface area (Å²) in [5.74, 6) is 1.31. The van der Waals surface area contributed by atoms with Gasteiger partial charge in [0.05, 0.1) is 19.8 Å². The predicted octanol–water partition coefficient (Wildman–Crippen LogP) is 5.43. The van der Waals surface area contributed by atoms with Gasteiger partial charge in [-0.1, -0.05) is 39.0 Å². The average Bonchev–Trinajstić information content (AvgIpc) is 2.64. The molecule has 0 aliphatic rings. The van der Waals surface area contributed by atoms with Crippen molar-refractivity contribution in [1.29, 1.82) is 0 Å². The number of para-hydroxylation sites is 1. The Morgan fingerprint density at radius 1 is 0.893 bits per heavy atom.